The van der Waals surface area contributed by atoms with Gasteiger partial charge in [0.15, 0.2) is 0 Å². The van der Waals surface area contributed by atoms with Crippen LogP contribution in [0.15, 0.2) is 0 Å². The first-order chi connectivity index (χ1) is 13.2. The van der Waals surface area contributed by atoms with E-state index in [0.717, 1.165) is 19.2 Å². The van der Waals surface area contributed by atoms with Gasteiger partial charge in [0, 0.05) is 5.97 Å². The molecule has 0 rings (SSSR count). The highest BCUT2D eigenvalue weighted by atomic mass is 16.6. The fourth-order valence-electron chi connectivity index (χ4n) is 2.32. The zero-order chi connectivity index (χ0) is 20.2. The van der Waals surface area contributed by atoms with Gasteiger partial charge in [-0.05, 0) is 12.3 Å². The molecule has 0 radical (unpaired) electrons. The minimum atomic E-state index is 0.0769. The molecule has 0 aliphatic heterocycles. The summed E-state index contributed by atoms with van der Waals surface area (Å²) in [5.41, 5.74) is 0. The predicted molar refractivity (Wildman–Crippen MR) is 108 cm³/mol. The zero-order valence-corrected chi connectivity index (χ0v) is 17.3. The van der Waals surface area contributed by atoms with Crippen LogP contribution in [0.3, 0.4) is 0 Å². The number of nitrogens with zero attached hydrogens (tertiary/aromatic N) is 1. The number of hydrogen-bond donors (Lipinski definition) is 0. The van der Waals surface area contributed by atoms with Gasteiger partial charge in [0.2, 0.25) is 0 Å². The summed E-state index contributed by atoms with van der Waals surface area (Å²) in [4.78, 5) is 0. The Morgan fingerprint density at radius 1 is 0.926 bits per heavy atom. The monoisotopic (exact) mass is 381 g/mol. The third-order valence-corrected chi connectivity index (χ3v) is 4.24. The molecule has 27 heavy (non-hydrogen) atoms. The van der Waals surface area contributed by atoms with E-state index < -0.39 is 0 Å². The molecule has 0 spiro atoms. The van der Waals surface area contributed by atoms with Crippen LogP contribution in [0.1, 0.15) is 26.7 Å². The van der Waals surface area contributed by atoms with Crippen LogP contribution in [0.5, 0.6) is 0 Å². The van der Waals surface area contributed by atoms with Crippen LogP contribution in [0.4, 0.5) is 0 Å². The van der Waals surface area contributed by atoms with Gasteiger partial charge in [-0.15, -0.1) is 6.42 Å². The van der Waals surface area contributed by atoms with Crippen molar-refractivity contribution in [3.8, 4) is 18.3 Å². The molecule has 0 aliphatic rings. The van der Waals surface area contributed by atoms with Gasteiger partial charge in [-0.25, -0.2) is 5.26 Å². The summed E-state index contributed by atoms with van der Waals surface area (Å²) in [6.07, 6.45) is 8.11. The highest BCUT2D eigenvalue weighted by Crippen LogP contribution is 2.18. The van der Waals surface area contributed by atoms with E-state index in [1.54, 1.807) is 0 Å². The Morgan fingerprint density at radius 2 is 1.44 bits per heavy atom. The molecule has 0 bridgehead atoms. The van der Waals surface area contributed by atoms with Gasteiger partial charge in [-0.2, -0.15) is 0 Å². The molecule has 7 heteroatoms. The summed E-state index contributed by atoms with van der Waals surface area (Å²) in [5.74, 6) is 5.16. The first kappa shape index (κ1) is 25.9. The first-order valence-electron chi connectivity index (χ1n) is 9.91. The highest BCUT2D eigenvalue weighted by Gasteiger charge is 2.18. The van der Waals surface area contributed by atoms with Gasteiger partial charge in [0.05, 0.1) is 59.0 Å². The zero-order valence-electron chi connectivity index (χ0n) is 17.3. The average molecular weight is 381 g/mol. The van der Waals surface area contributed by atoms with Crippen molar-refractivity contribution in [1.29, 1.82) is 5.26 Å². The Kier molecular flexibility index (Phi) is 18.9. The minimum absolute atomic E-state index is 0.0769. The van der Waals surface area contributed by atoms with Gasteiger partial charge in [0.25, 0.3) is 6.71 Å². The second-order valence-corrected chi connectivity index (χ2v) is 6.50. The van der Waals surface area contributed by atoms with Crippen molar-refractivity contribution in [2.24, 2.45) is 5.92 Å². The Bertz CT molecular complexity index is 410. The molecular weight excluding hydrogens is 345 g/mol. The van der Waals surface area contributed by atoms with Crippen molar-refractivity contribution in [1.82, 2.24) is 0 Å². The molecule has 2 atom stereocenters. The first-order valence-corrected chi connectivity index (χ1v) is 9.91. The maximum atomic E-state index is 8.91. The quantitative estimate of drug-likeness (QED) is 0.195. The lowest BCUT2D eigenvalue weighted by molar-refractivity contribution is -0.0352. The third kappa shape index (κ3) is 16.8. The minimum Gasteiger partial charge on any atom is -0.377 e. The molecule has 0 saturated carbocycles. The summed E-state index contributed by atoms with van der Waals surface area (Å²) in [6, 6.07) is 0. The van der Waals surface area contributed by atoms with Gasteiger partial charge in [-0.1, -0.05) is 39.3 Å². The predicted octanol–water partition coefficient (Wildman–Crippen LogP) is 2.69. The van der Waals surface area contributed by atoms with E-state index >= 15 is 0 Å². The van der Waals surface area contributed by atoms with Crippen LogP contribution in [-0.4, -0.2) is 72.3 Å². The lowest BCUT2D eigenvalue weighted by Crippen LogP contribution is -2.25. The summed E-state index contributed by atoms with van der Waals surface area (Å²) in [7, 11) is 0. The van der Waals surface area contributed by atoms with Crippen molar-refractivity contribution in [2.45, 2.75) is 45.9 Å². The van der Waals surface area contributed by atoms with Gasteiger partial charge in [-0.3, -0.25) is 0 Å². The number of hydrogen-bond acceptors (Lipinski definition) is 6. The summed E-state index contributed by atoms with van der Waals surface area (Å²) < 4.78 is 27.4. The van der Waals surface area contributed by atoms with E-state index in [2.05, 4.69) is 25.7 Å². The number of rotatable bonds is 19. The van der Waals surface area contributed by atoms with Crippen LogP contribution in [0.2, 0.25) is 13.1 Å². The van der Waals surface area contributed by atoms with Crippen LogP contribution >= 0.6 is 0 Å². The molecule has 154 valence electrons. The molecule has 0 N–H and O–H groups in total. The van der Waals surface area contributed by atoms with Gasteiger partial charge < -0.3 is 23.7 Å². The lowest BCUT2D eigenvalue weighted by atomic mass is 9.50. The standard InChI is InChI=1S/C20H36BNO5/c1-5-9-23-10-11-24-12-13-25-14-15-26-16-17-27-20(19(3)6-2)7-8-21(4)18-22/h1,19-20H,6-17H2,2-4H3. The van der Waals surface area contributed by atoms with E-state index in [1.807, 2.05) is 6.82 Å². The smallest absolute Gasteiger partial charge is 0.264 e. The Hall–Kier alpha value is -1.09. The van der Waals surface area contributed by atoms with E-state index in [0.29, 0.717) is 65.4 Å². The molecule has 0 aliphatic carbocycles. The van der Waals surface area contributed by atoms with Crippen molar-refractivity contribution in [3.63, 3.8) is 0 Å². The molecule has 2 unspecified atom stereocenters. The highest BCUT2D eigenvalue weighted by molar-refractivity contribution is 6.65. The molecule has 0 fully saturated rings. The van der Waals surface area contributed by atoms with Crippen LogP contribution in [-0.2, 0) is 23.7 Å². The SMILES string of the molecule is C#CCOCCOCCOCCOCCOC(CCB(C)C#N)C(C)CC. The average Bonchev–Trinajstić information content (AvgIpc) is 2.69. The maximum Gasteiger partial charge on any atom is 0.264 e. The van der Waals surface area contributed by atoms with Crippen molar-refractivity contribution in [2.75, 3.05) is 59.5 Å². The number of ether oxygens (including phenoxy) is 5. The maximum absolute atomic E-state index is 8.91. The summed E-state index contributed by atoms with van der Waals surface area (Å²) in [6.45, 7) is 11.0. The summed E-state index contributed by atoms with van der Waals surface area (Å²) >= 11 is 0. The largest absolute Gasteiger partial charge is 0.377 e. The fourth-order valence-corrected chi connectivity index (χ4v) is 2.32. The molecule has 0 saturated heterocycles. The molecule has 0 aromatic heterocycles. The Morgan fingerprint density at radius 3 is 1.93 bits per heavy atom. The number of nitriles is 1. The second-order valence-electron chi connectivity index (χ2n) is 6.50. The molecule has 0 aromatic carbocycles. The Balaban J connectivity index is 3.51. The third-order valence-electron chi connectivity index (χ3n) is 4.24. The fraction of sp³-hybridized carbons (Fsp3) is 0.850. The van der Waals surface area contributed by atoms with Crippen molar-refractivity contribution >= 4 is 6.71 Å². The topological polar surface area (TPSA) is 69.9 Å². The van der Waals surface area contributed by atoms with Crippen LogP contribution in [0.25, 0.3) is 0 Å². The normalized spacial score (nSPS) is 12.9. The van der Waals surface area contributed by atoms with E-state index in [9.17, 15) is 0 Å². The molecule has 6 nitrogen and oxygen atoms in total. The van der Waals surface area contributed by atoms with Crippen molar-refractivity contribution in [3.05, 3.63) is 0 Å². The van der Waals surface area contributed by atoms with E-state index in [-0.39, 0.29) is 12.8 Å². The summed E-state index contributed by atoms with van der Waals surface area (Å²) in [5, 5.41) is 8.91. The molecular formula is C20H36BNO5. The van der Waals surface area contributed by atoms with E-state index in [4.69, 9.17) is 35.4 Å². The number of terminal acetylenes is 1. The molecule has 0 heterocycles. The second kappa shape index (κ2) is 19.7. The van der Waals surface area contributed by atoms with Gasteiger partial charge >= 0.3 is 0 Å². The van der Waals surface area contributed by atoms with Crippen molar-refractivity contribution < 1.29 is 23.7 Å². The molecule has 0 aromatic rings. The van der Waals surface area contributed by atoms with Crippen LogP contribution in [0, 0.1) is 29.5 Å². The lowest BCUT2D eigenvalue weighted by Gasteiger charge is -2.23. The van der Waals surface area contributed by atoms with Gasteiger partial charge in [0.1, 0.15) is 6.61 Å². The Labute approximate surface area is 165 Å². The van der Waals surface area contributed by atoms with E-state index in [1.165, 1.54) is 0 Å². The molecule has 0 amide bonds. The van der Waals surface area contributed by atoms with Crippen LogP contribution < -0.4 is 0 Å².